The maximum Gasteiger partial charge on any atom is 0.349 e. The first-order valence-corrected chi connectivity index (χ1v) is 6.46. The summed E-state index contributed by atoms with van der Waals surface area (Å²) < 4.78 is 27.8. The van der Waals surface area contributed by atoms with E-state index >= 15 is 0 Å². The highest BCUT2D eigenvalue weighted by atomic mass is 35.5. The van der Waals surface area contributed by atoms with Crippen molar-refractivity contribution in [1.82, 2.24) is 5.32 Å². The topological polar surface area (TPSA) is 55.1 Å². The fourth-order valence-corrected chi connectivity index (χ4v) is 1.75. The molecule has 1 aromatic carbocycles. The molecule has 0 fully saturated rings. The molecule has 0 saturated carbocycles. The second kappa shape index (κ2) is 8.87. The predicted octanol–water partition coefficient (Wildman–Crippen LogP) is 2.83. The molecule has 1 atom stereocenters. The fourth-order valence-electron chi connectivity index (χ4n) is 1.75. The lowest BCUT2D eigenvalue weighted by atomic mass is 10.1. The van der Waals surface area contributed by atoms with E-state index in [2.05, 4.69) is 5.32 Å². The van der Waals surface area contributed by atoms with Crippen molar-refractivity contribution in [3.05, 3.63) is 35.9 Å². The van der Waals surface area contributed by atoms with Crippen molar-refractivity contribution < 1.29 is 13.6 Å². The van der Waals surface area contributed by atoms with E-state index in [1.165, 1.54) is 24.3 Å². The van der Waals surface area contributed by atoms with E-state index in [1.54, 1.807) is 6.07 Å². The number of carbonyl (C=O) groups excluding carboxylic acids is 1. The first-order valence-electron chi connectivity index (χ1n) is 6.46. The highest BCUT2D eigenvalue weighted by molar-refractivity contribution is 5.85. The number of rotatable bonds is 7. The molecular weight excluding hydrogens is 286 g/mol. The Morgan fingerprint density at radius 3 is 2.45 bits per heavy atom. The van der Waals surface area contributed by atoms with Gasteiger partial charge in [-0.15, -0.1) is 12.4 Å². The number of benzene rings is 1. The summed E-state index contributed by atoms with van der Waals surface area (Å²) in [4.78, 5) is 11.7. The van der Waals surface area contributed by atoms with E-state index in [0.717, 1.165) is 12.8 Å². The van der Waals surface area contributed by atoms with Crippen LogP contribution in [0.15, 0.2) is 30.3 Å². The van der Waals surface area contributed by atoms with Crippen LogP contribution in [0.1, 0.15) is 31.7 Å². The van der Waals surface area contributed by atoms with Gasteiger partial charge in [0.15, 0.2) is 0 Å². The molecular formula is C14H21ClF2N2O. The Bertz CT molecular complexity index is 401. The molecule has 0 saturated heterocycles. The van der Waals surface area contributed by atoms with Crippen molar-refractivity contribution >= 4 is 18.3 Å². The fraction of sp³-hybridized carbons (Fsp3) is 0.500. The summed E-state index contributed by atoms with van der Waals surface area (Å²) >= 11 is 0. The molecule has 0 aliphatic heterocycles. The van der Waals surface area contributed by atoms with E-state index in [9.17, 15) is 13.6 Å². The van der Waals surface area contributed by atoms with Gasteiger partial charge in [0.2, 0.25) is 0 Å². The van der Waals surface area contributed by atoms with Gasteiger partial charge in [-0.25, -0.2) is 0 Å². The Morgan fingerprint density at radius 2 is 1.95 bits per heavy atom. The van der Waals surface area contributed by atoms with Crippen LogP contribution in [0.4, 0.5) is 8.78 Å². The van der Waals surface area contributed by atoms with Crippen LogP contribution in [0.5, 0.6) is 0 Å². The number of unbranched alkanes of at least 4 members (excludes halogenated alkanes) is 1. The SMILES string of the molecule is CCCCC(CN)NC(=O)C(F)(F)c1ccccc1.Cl. The number of nitrogens with two attached hydrogens (primary N) is 1. The monoisotopic (exact) mass is 306 g/mol. The molecule has 1 rings (SSSR count). The summed E-state index contributed by atoms with van der Waals surface area (Å²) in [6.45, 7) is 2.16. The Hall–Kier alpha value is -1.20. The molecule has 20 heavy (non-hydrogen) atoms. The molecule has 3 nitrogen and oxygen atoms in total. The van der Waals surface area contributed by atoms with Gasteiger partial charge in [-0.3, -0.25) is 4.79 Å². The van der Waals surface area contributed by atoms with Crippen LogP contribution >= 0.6 is 12.4 Å². The molecule has 0 aliphatic carbocycles. The largest absolute Gasteiger partial charge is 0.349 e. The first kappa shape index (κ1) is 18.8. The number of halogens is 3. The lowest BCUT2D eigenvalue weighted by Crippen LogP contribution is -2.46. The minimum absolute atomic E-state index is 0. The molecule has 0 heterocycles. The van der Waals surface area contributed by atoms with E-state index < -0.39 is 17.9 Å². The van der Waals surface area contributed by atoms with Crippen molar-refractivity contribution in [3.8, 4) is 0 Å². The van der Waals surface area contributed by atoms with Gasteiger partial charge in [0.05, 0.1) is 0 Å². The van der Waals surface area contributed by atoms with E-state index in [-0.39, 0.29) is 24.5 Å². The predicted molar refractivity (Wildman–Crippen MR) is 78.1 cm³/mol. The zero-order valence-corrected chi connectivity index (χ0v) is 12.3. The first-order chi connectivity index (χ1) is 9.02. The Labute approximate surface area is 124 Å². The molecule has 6 heteroatoms. The second-order valence-electron chi connectivity index (χ2n) is 4.49. The highest BCUT2D eigenvalue weighted by Gasteiger charge is 2.41. The summed E-state index contributed by atoms with van der Waals surface area (Å²) in [7, 11) is 0. The van der Waals surface area contributed by atoms with Crippen molar-refractivity contribution in [1.29, 1.82) is 0 Å². The number of nitrogens with one attached hydrogen (secondary N) is 1. The average molecular weight is 307 g/mol. The third kappa shape index (κ3) is 5.06. The molecule has 1 aromatic rings. The zero-order valence-electron chi connectivity index (χ0n) is 11.4. The van der Waals surface area contributed by atoms with Gasteiger partial charge >= 0.3 is 5.92 Å². The van der Waals surface area contributed by atoms with Crippen molar-refractivity contribution in [2.45, 2.75) is 38.2 Å². The summed E-state index contributed by atoms with van der Waals surface area (Å²) in [5.74, 6) is -4.81. The Morgan fingerprint density at radius 1 is 1.35 bits per heavy atom. The minimum Gasteiger partial charge on any atom is -0.347 e. The van der Waals surface area contributed by atoms with Gasteiger partial charge in [0, 0.05) is 18.2 Å². The van der Waals surface area contributed by atoms with Gasteiger partial charge in [-0.1, -0.05) is 50.1 Å². The number of amides is 1. The number of carbonyl (C=O) groups is 1. The second-order valence-corrected chi connectivity index (χ2v) is 4.49. The average Bonchev–Trinajstić information content (AvgIpc) is 2.44. The molecule has 0 aliphatic rings. The summed E-state index contributed by atoms with van der Waals surface area (Å²) in [5.41, 5.74) is 5.18. The van der Waals surface area contributed by atoms with Gasteiger partial charge in [0.25, 0.3) is 5.91 Å². The van der Waals surface area contributed by atoms with E-state index in [0.29, 0.717) is 6.42 Å². The molecule has 0 bridgehead atoms. The smallest absolute Gasteiger partial charge is 0.347 e. The van der Waals surface area contributed by atoms with Crippen molar-refractivity contribution in [2.24, 2.45) is 5.73 Å². The van der Waals surface area contributed by atoms with Crippen molar-refractivity contribution in [3.63, 3.8) is 0 Å². The zero-order chi connectivity index (χ0) is 14.3. The van der Waals surface area contributed by atoms with Crippen LogP contribution in [0.25, 0.3) is 0 Å². The summed E-state index contributed by atoms with van der Waals surface area (Å²) in [6, 6.07) is 6.66. The lowest BCUT2D eigenvalue weighted by molar-refractivity contribution is -0.147. The third-order valence-electron chi connectivity index (χ3n) is 2.95. The van der Waals surface area contributed by atoms with E-state index in [4.69, 9.17) is 5.73 Å². The summed E-state index contributed by atoms with van der Waals surface area (Å²) in [6.07, 6.45) is 2.39. The Kier molecular flexibility index (Phi) is 8.34. The standard InChI is InChI=1S/C14H20F2N2O.ClH/c1-2-3-9-12(10-17)18-13(19)14(15,16)11-7-5-4-6-8-11;/h4-8,12H,2-3,9-10,17H2,1H3,(H,18,19);1H. The Balaban J connectivity index is 0.00000361. The molecule has 0 aromatic heterocycles. The molecule has 114 valence electrons. The van der Waals surface area contributed by atoms with Gasteiger partial charge in [-0.05, 0) is 6.42 Å². The maximum atomic E-state index is 13.9. The van der Waals surface area contributed by atoms with Gasteiger partial charge < -0.3 is 11.1 Å². The quantitative estimate of drug-likeness (QED) is 0.814. The molecule has 0 spiro atoms. The van der Waals surface area contributed by atoms with Gasteiger partial charge in [0.1, 0.15) is 0 Å². The minimum atomic E-state index is -3.53. The van der Waals surface area contributed by atoms with Crippen LogP contribution in [-0.4, -0.2) is 18.5 Å². The number of hydrogen-bond acceptors (Lipinski definition) is 2. The van der Waals surface area contributed by atoms with Crippen LogP contribution in [0.3, 0.4) is 0 Å². The number of hydrogen-bond donors (Lipinski definition) is 2. The maximum absolute atomic E-state index is 13.9. The molecule has 0 radical (unpaired) electrons. The number of alkyl halides is 2. The van der Waals surface area contributed by atoms with Crippen LogP contribution in [0, 0.1) is 0 Å². The van der Waals surface area contributed by atoms with Crippen LogP contribution in [0.2, 0.25) is 0 Å². The van der Waals surface area contributed by atoms with Gasteiger partial charge in [-0.2, -0.15) is 8.78 Å². The van der Waals surface area contributed by atoms with Crippen LogP contribution in [-0.2, 0) is 10.7 Å². The summed E-state index contributed by atoms with van der Waals surface area (Å²) in [5, 5.41) is 2.33. The lowest BCUT2D eigenvalue weighted by Gasteiger charge is -2.21. The molecule has 3 N–H and O–H groups in total. The highest BCUT2D eigenvalue weighted by Crippen LogP contribution is 2.28. The van der Waals surface area contributed by atoms with Crippen LogP contribution < -0.4 is 11.1 Å². The molecule has 1 unspecified atom stereocenters. The third-order valence-corrected chi connectivity index (χ3v) is 2.95. The van der Waals surface area contributed by atoms with E-state index in [1.807, 2.05) is 6.92 Å². The molecule has 1 amide bonds. The normalized spacial score (nSPS) is 12.4. The van der Waals surface area contributed by atoms with Crippen molar-refractivity contribution in [2.75, 3.05) is 6.54 Å².